The normalized spacial score (nSPS) is 11.5. The maximum Gasteiger partial charge on any atom is 0.119 e. The van der Waals surface area contributed by atoms with Crippen LogP contribution in [0.1, 0.15) is 19.4 Å². The maximum atomic E-state index is 5.75. The lowest BCUT2D eigenvalue weighted by Gasteiger charge is -2.16. The van der Waals surface area contributed by atoms with E-state index in [4.69, 9.17) is 14.6 Å². The van der Waals surface area contributed by atoms with Crippen LogP contribution in [0.15, 0.2) is 30.5 Å². The van der Waals surface area contributed by atoms with Crippen LogP contribution >= 0.6 is 0 Å². The van der Waals surface area contributed by atoms with Gasteiger partial charge in [-0.1, -0.05) is 0 Å². The molecule has 0 aliphatic heterocycles. The van der Waals surface area contributed by atoms with Gasteiger partial charge in [0.25, 0.3) is 0 Å². The van der Waals surface area contributed by atoms with Gasteiger partial charge in [0.15, 0.2) is 0 Å². The summed E-state index contributed by atoms with van der Waals surface area (Å²) in [6.07, 6.45) is 2.30. The van der Waals surface area contributed by atoms with E-state index in [-0.39, 0.29) is 6.10 Å². The Labute approximate surface area is 157 Å². The van der Waals surface area contributed by atoms with Crippen molar-refractivity contribution in [2.24, 2.45) is 0 Å². The summed E-state index contributed by atoms with van der Waals surface area (Å²) < 4.78 is 12.9. The van der Waals surface area contributed by atoms with Gasteiger partial charge in [-0.15, -0.1) is 0 Å². The number of likely N-dealkylation sites (N-methyl/N-ethyl adjacent to an activating group) is 2. The number of benzene rings is 1. The quantitative estimate of drug-likeness (QED) is 0.668. The maximum absolute atomic E-state index is 5.75. The molecule has 0 saturated carbocycles. The number of hydrogen-bond acceptors (Lipinski definition) is 5. The zero-order valence-electron chi connectivity index (χ0n) is 16.7. The highest BCUT2D eigenvalue weighted by atomic mass is 16.5. The van der Waals surface area contributed by atoms with Crippen molar-refractivity contribution in [1.29, 1.82) is 0 Å². The van der Waals surface area contributed by atoms with Gasteiger partial charge in [0.2, 0.25) is 0 Å². The monoisotopic (exact) mass is 360 g/mol. The average molecular weight is 361 g/mol. The molecule has 0 aliphatic rings. The Morgan fingerprint density at radius 3 is 2.58 bits per heavy atom. The minimum Gasteiger partial charge on any atom is -0.491 e. The molecule has 144 valence electrons. The Balaban J connectivity index is 2.22. The third kappa shape index (κ3) is 6.12. The van der Waals surface area contributed by atoms with E-state index in [0.717, 1.165) is 43.2 Å². The molecule has 0 aliphatic carbocycles. The summed E-state index contributed by atoms with van der Waals surface area (Å²) in [6.45, 7) is 8.27. The molecule has 6 heteroatoms. The van der Waals surface area contributed by atoms with Crippen LogP contribution < -0.4 is 10.1 Å². The molecule has 2 rings (SSSR count). The van der Waals surface area contributed by atoms with E-state index < -0.39 is 0 Å². The minimum absolute atomic E-state index is 0.172. The second-order valence-corrected chi connectivity index (χ2v) is 6.79. The summed E-state index contributed by atoms with van der Waals surface area (Å²) >= 11 is 0. The van der Waals surface area contributed by atoms with Crippen molar-refractivity contribution >= 4 is 0 Å². The molecule has 0 unspecified atom stereocenters. The van der Waals surface area contributed by atoms with Crippen molar-refractivity contribution in [1.82, 2.24) is 20.0 Å². The zero-order valence-corrected chi connectivity index (χ0v) is 16.7. The highest BCUT2D eigenvalue weighted by Gasteiger charge is 2.13. The second kappa shape index (κ2) is 10.3. The van der Waals surface area contributed by atoms with Crippen LogP contribution in [0.3, 0.4) is 0 Å². The van der Waals surface area contributed by atoms with Gasteiger partial charge in [-0.25, -0.2) is 0 Å². The van der Waals surface area contributed by atoms with Gasteiger partial charge in [0.05, 0.1) is 24.9 Å². The molecule has 0 bridgehead atoms. The van der Waals surface area contributed by atoms with E-state index in [1.54, 1.807) is 7.11 Å². The molecule has 2 aromatic rings. The van der Waals surface area contributed by atoms with Gasteiger partial charge >= 0.3 is 0 Å². The molecule has 0 amide bonds. The third-order valence-corrected chi connectivity index (χ3v) is 4.05. The zero-order chi connectivity index (χ0) is 18.9. The number of methoxy groups -OCH3 is 1. The first-order chi connectivity index (χ1) is 12.5. The number of ether oxygens (including phenoxy) is 2. The number of aromatic nitrogens is 2. The van der Waals surface area contributed by atoms with Crippen molar-refractivity contribution in [3.8, 4) is 17.0 Å². The smallest absolute Gasteiger partial charge is 0.119 e. The fraction of sp³-hybridized carbons (Fsp3) is 0.550. The molecule has 0 spiro atoms. The van der Waals surface area contributed by atoms with Gasteiger partial charge in [-0.3, -0.25) is 4.68 Å². The molecule has 1 N–H and O–H groups in total. The summed E-state index contributed by atoms with van der Waals surface area (Å²) in [5.41, 5.74) is 3.35. The molecular weight excluding hydrogens is 328 g/mol. The highest BCUT2D eigenvalue weighted by molar-refractivity contribution is 5.63. The minimum atomic E-state index is 0.172. The topological polar surface area (TPSA) is 51.5 Å². The summed E-state index contributed by atoms with van der Waals surface area (Å²) in [7, 11) is 5.82. The van der Waals surface area contributed by atoms with E-state index in [2.05, 4.69) is 35.6 Å². The van der Waals surface area contributed by atoms with Crippen LogP contribution in [0.4, 0.5) is 0 Å². The van der Waals surface area contributed by atoms with Crippen LogP contribution in [-0.4, -0.2) is 61.7 Å². The Kier molecular flexibility index (Phi) is 8.09. The van der Waals surface area contributed by atoms with Crippen molar-refractivity contribution in [2.75, 3.05) is 40.9 Å². The Bertz CT molecular complexity index is 652. The SMILES string of the molecule is CNCCN(C)Cc1cn(CCOC)nc1-c1ccc(OC(C)C)cc1. The first-order valence-electron chi connectivity index (χ1n) is 9.19. The molecule has 6 nitrogen and oxygen atoms in total. The molecule has 0 radical (unpaired) electrons. The van der Waals surface area contributed by atoms with Crippen LogP contribution in [0.5, 0.6) is 5.75 Å². The molecule has 26 heavy (non-hydrogen) atoms. The van der Waals surface area contributed by atoms with Gasteiger partial charge in [-0.05, 0) is 52.2 Å². The van der Waals surface area contributed by atoms with E-state index in [1.165, 1.54) is 5.56 Å². The van der Waals surface area contributed by atoms with Crippen LogP contribution in [-0.2, 0) is 17.8 Å². The van der Waals surface area contributed by atoms with E-state index in [9.17, 15) is 0 Å². The average Bonchev–Trinajstić information content (AvgIpc) is 3.01. The largest absolute Gasteiger partial charge is 0.491 e. The van der Waals surface area contributed by atoms with Gasteiger partial charge in [-0.2, -0.15) is 5.10 Å². The molecule has 1 aromatic carbocycles. The van der Waals surface area contributed by atoms with Crippen LogP contribution in [0.25, 0.3) is 11.3 Å². The summed E-state index contributed by atoms with van der Waals surface area (Å²) in [5, 5.41) is 7.99. The fourth-order valence-corrected chi connectivity index (χ4v) is 2.76. The number of rotatable bonds is 11. The van der Waals surface area contributed by atoms with Crippen LogP contribution in [0.2, 0.25) is 0 Å². The molecule has 0 atom stereocenters. The summed E-state index contributed by atoms with van der Waals surface area (Å²) in [4.78, 5) is 2.30. The number of nitrogens with one attached hydrogen (secondary N) is 1. The molecule has 0 saturated heterocycles. The van der Waals surface area contributed by atoms with Crippen molar-refractivity contribution in [3.05, 3.63) is 36.0 Å². The van der Waals surface area contributed by atoms with E-state index in [1.807, 2.05) is 37.7 Å². The summed E-state index contributed by atoms with van der Waals surface area (Å²) in [6, 6.07) is 8.19. The third-order valence-electron chi connectivity index (χ3n) is 4.05. The standard InChI is InChI=1S/C20H32N4O2/c1-16(2)26-19-8-6-17(7-9-19)20-18(14-23(4)11-10-21-3)15-24(22-20)12-13-25-5/h6-9,15-16,21H,10-14H2,1-5H3. The summed E-state index contributed by atoms with van der Waals surface area (Å²) in [5.74, 6) is 0.884. The van der Waals surface area contributed by atoms with Gasteiger partial charge in [0, 0.05) is 44.1 Å². The predicted molar refractivity (Wildman–Crippen MR) is 106 cm³/mol. The number of nitrogens with zero attached hydrogens (tertiary/aromatic N) is 3. The van der Waals surface area contributed by atoms with Crippen molar-refractivity contribution in [3.63, 3.8) is 0 Å². The second-order valence-electron chi connectivity index (χ2n) is 6.79. The molecular formula is C20H32N4O2. The Morgan fingerprint density at radius 1 is 1.23 bits per heavy atom. The first-order valence-corrected chi connectivity index (χ1v) is 9.19. The predicted octanol–water partition coefficient (Wildman–Crippen LogP) is 2.63. The lowest BCUT2D eigenvalue weighted by Crippen LogP contribution is -2.27. The highest BCUT2D eigenvalue weighted by Crippen LogP contribution is 2.26. The molecule has 1 aromatic heterocycles. The molecule has 0 fully saturated rings. The Hall–Kier alpha value is -1.89. The Morgan fingerprint density at radius 2 is 1.96 bits per heavy atom. The van der Waals surface area contributed by atoms with E-state index in [0.29, 0.717) is 6.61 Å². The molecule has 1 heterocycles. The first kappa shape index (κ1) is 20.4. The van der Waals surface area contributed by atoms with E-state index >= 15 is 0 Å². The number of hydrogen-bond donors (Lipinski definition) is 1. The van der Waals surface area contributed by atoms with Crippen LogP contribution in [0, 0.1) is 0 Å². The van der Waals surface area contributed by atoms with Gasteiger partial charge < -0.3 is 19.7 Å². The lowest BCUT2D eigenvalue weighted by molar-refractivity contribution is 0.183. The fourth-order valence-electron chi connectivity index (χ4n) is 2.76. The lowest BCUT2D eigenvalue weighted by atomic mass is 10.1. The van der Waals surface area contributed by atoms with Crippen molar-refractivity contribution < 1.29 is 9.47 Å². The van der Waals surface area contributed by atoms with Crippen molar-refractivity contribution in [2.45, 2.75) is 33.0 Å². The van der Waals surface area contributed by atoms with Gasteiger partial charge in [0.1, 0.15) is 5.75 Å².